The number of aromatic nitrogens is 3. The highest BCUT2D eigenvalue weighted by Gasteiger charge is 2.33. The van der Waals surface area contributed by atoms with Gasteiger partial charge in [-0.1, -0.05) is 54.6 Å². The second kappa shape index (κ2) is 11.3. The maximum absolute atomic E-state index is 4.43. The van der Waals surface area contributed by atoms with Crippen LogP contribution in [0.15, 0.2) is 140 Å². The Kier molecular flexibility index (Phi) is 6.38. The molecule has 3 heterocycles. The first-order valence-electron chi connectivity index (χ1n) is 18.4. The monoisotopic (exact) mass is 668 g/mol. The molecule has 0 radical (unpaired) electrons. The largest absolute Gasteiger partial charge is 0.394 e. The Hall–Kier alpha value is -6.39. The first-order valence-corrected chi connectivity index (χ1v) is 18.4. The minimum absolute atomic E-state index is 1.02. The maximum atomic E-state index is 4.43. The molecule has 0 atom stereocenters. The number of fused-ring (bicyclic) bond motifs is 8. The molecule has 0 aliphatic heterocycles. The summed E-state index contributed by atoms with van der Waals surface area (Å²) < 4.78 is 5.07. The maximum Gasteiger partial charge on any atom is 0.0579 e. The molecule has 0 amide bonds. The molecule has 2 aliphatic rings. The normalized spacial score (nSPS) is 13.5. The fourth-order valence-electron chi connectivity index (χ4n) is 9.36. The van der Waals surface area contributed by atoms with Gasteiger partial charge in [-0.2, -0.15) is 0 Å². The lowest BCUT2D eigenvalue weighted by Gasteiger charge is -2.31. The molecular weight excluding hydrogens is 633 g/mol. The van der Waals surface area contributed by atoms with Crippen molar-refractivity contribution in [1.29, 1.82) is 0 Å². The molecule has 1 N–H and O–H groups in total. The topological polar surface area (TPSA) is 34.8 Å². The number of para-hydroxylation sites is 2. The van der Waals surface area contributed by atoms with Gasteiger partial charge in [-0.25, -0.2) is 0 Å². The predicted molar refractivity (Wildman–Crippen MR) is 217 cm³/mol. The Morgan fingerprint density at radius 3 is 1.73 bits per heavy atom. The van der Waals surface area contributed by atoms with Crippen LogP contribution in [0, 0.1) is 0 Å². The van der Waals surface area contributed by atoms with Gasteiger partial charge in [0.2, 0.25) is 0 Å². The summed E-state index contributed by atoms with van der Waals surface area (Å²) in [6.45, 7) is 0. The van der Waals surface area contributed by atoms with Crippen molar-refractivity contribution in [1.82, 2.24) is 19.4 Å². The molecule has 6 aromatic carbocycles. The molecule has 11 rings (SSSR count). The fourth-order valence-corrected chi connectivity index (χ4v) is 9.36. The van der Waals surface area contributed by atoms with Crippen LogP contribution >= 0.6 is 0 Å². The summed E-state index contributed by atoms with van der Waals surface area (Å²) in [6.07, 6.45) is 12.1. The number of nitrogens with one attached hydrogen (secondary N) is 1. The molecule has 3 aromatic heterocycles. The SMILES string of the molecule is CN/C=C/c1ccc2c(c1)c1cc3c4c(c1n2-c1ccccc1)CCc1cc2c5cc(-c6cccnc6)ccc5n(-c5ccccc5)c2c(c1-4)CC3. The smallest absolute Gasteiger partial charge is 0.0579 e. The highest BCUT2D eigenvalue weighted by atomic mass is 15.0. The molecule has 4 heteroatoms. The molecule has 0 fully saturated rings. The number of nitrogens with zero attached hydrogens (tertiary/aromatic N) is 3. The van der Waals surface area contributed by atoms with Gasteiger partial charge in [0.25, 0.3) is 0 Å². The van der Waals surface area contributed by atoms with Gasteiger partial charge in [0.05, 0.1) is 22.1 Å². The van der Waals surface area contributed by atoms with Crippen LogP contribution in [0.25, 0.3) is 83.3 Å². The van der Waals surface area contributed by atoms with E-state index >= 15 is 0 Å². The molecule has 0 saturated heterocycles. The second-order valence-corrected chi connectivity index (χ2v) is 14.3. The first kappa shape index (κ1) is 29.4. The zero-order valence-electron chi connectivity index (χ0n) is 29.0. The number of rotatable bonds is 5. The summed E-state index contributed by atoms with van der Waals surface area (Å²) in [7, 11) is 1.95. The summed E-state index contributed by atoms with van der Waals surface area (Å²) in [5, 5.41) is 8.50. The average Bonchev–Trinajstić information content (AvgIpc) is 3.71. The number of pyridine rings is 1. The lowest BCUT2D eigenvalue weighted by atomic mass is 9.74. The quantitative estimate of drug-likeness (QED) is 0.198. The Labute approximate surface area is 302 Å². The molecule has 0 unspecified atom stereocenters. The van der Waals surface area contributed by atoms with E-state index in [-0.39, 0.29) is 0 Å². The third kappa shape index (κ3) is 4.18. The van der Waals surface area contributed by atoms with Gasteiger partial charge < -0.3 is 14.5 Å². The van der Waals surface area contributed by atoms with Crippen molar-refractivity contribution in [3.8, 4) is 33.6 Å². The molecule has 0 bridgehead atoms. The van der Waals surface area contributed by atoms with Crippen molar-refractivity contribution in [2.45, 2.75) is 25.7 Å². The van der Waals surface area contributed by atoms with Gasteiger partial charge in [-0.3, -0.25) is 4.98 Å². The number of aryl methyl sites for hydroxylation is 4. The average molecular weight is 669 g/mol. The highest BCUT2D eigenvalue weighted by Crippen LogP contribution is 2.51. The van der Waals surface area contributed by atoms with Crippen LogP contribution in [-0.2, 0) is 25.7 Å². The van der Waals surface area contributed by atoms with E-state index in [9.17, 15) is 0 Å². The van der Waals surface area contributed by atoms with Gasteiger partial charge in [-0.15, -0.1) is 0 Å². The third-order valence-corrected chi connectivity index (χ3v) is 11.5. The molecule has 52 heavy (non-hydrogen) atoms. The molecule has 9 aromatic rings. The predicted octanol–water partition coefficient (Wildman–Crippen LogP) is 11.0. The van der Waals surface area contributed by atoms with Gasteiger partial charge in [0.15, 0.2) is 0 Å². The molecule has 0 spiro atoms. The van der Waals surface area contributed by atoms with E-state index in [4.69, 9.17) is 0 Å². The number of hydrogen-bond acceptors (Lipinski definition) is 2. The van der Waals surface area contributed by atoms with Gasteiger partial charge in [-0.05, 0) is 149 Å². The minimum Gasteiger partial charge on any atom is -0.394 e. The molecule has 4 nitrogen and oxygen atoms in total. The van der Waals surface area contributed by atoms with Gasteiger partial charge >= 0.3 is 0 Å². The zero-order chi connectivity index (χ0) is 34.3. The van der Waals surface area contributed by atoms with Crippen LogP contribution in [0.3, 0.4) is 0 Å². The van der Waals surface area contributed by atoms with Crippen molar-refractivity contribution in [2.75, 3.05) is 7.05 Å². The van der Waals surface area contributed by atoms with E-state index in [1.165, 1.54) is 99.5 Å². The van der Waals surface area contributed by atoms with Gasteiger partial charge in [0.1, 0.15) is 0 Å². The van der Waals surface area contributed by atoms with Crippen molar-refractivity contribution in [3.05, 3.63) is 168 Å². The van der Waals surface area contributed by atoms with Crippen LogP contribution in [-0.4, -0.2) is 21.2 Å². The van der Waals surface area contributed by atoms with Crippen molar-refractivity contribution in [2.24, 2.45) is 0 Å². The first-order chi connectivity index (χ1) is 25.8. The van der Waals surface area contributed by atoms with E-state index < -0.39 is 0 Å². The molecular formula is C48H36N4. The van der Waals surface area contributed by atoms with Crippen LogP contribution in [0.1, 0.15) is 27.8 Å². The van der Waals surface area contributed by atoms with Gasteiger partial charge in [0, 0.05) is 57.9 Å². The van der Waals surface area contributed by atoms with Crippen LogP contribution in [0.2, 0.25) is 0 Å². The minimum atomic E-state index is 1.02. The Morgan fingerprint density at radius 2 is 1.15 bits per heavy atom. The van der Waals surface area contributed by atoms with Crippen LogP contribution in [0.4, 0.5) is 0 Å². The second-order valence-electron chi connectivity index (χ2n) is 14.3. The Morgan fingerprint density at radius 1 is 0.558 bits per heavy atom. The van der Waals surface area contributed by atoms with Crippen molar-refractivity contribution >= 4 is 49.7 Å². The van der Waals surface area contributed by atoms with E-state index in [0.717, 1.165) is 31.2 Å². The summed E-state index contributed by atoms with van der Waals surface area (Å²) in [5.41, 5.74) is 20.1. The van der Waals surface area contributed by atoms with E-state index in [1.807, 2.05) is 31.7 Å². The number of hydrogen-bond donors (Lipinski definition) is 1. The van der Waals surface area contributed by atoms with Crippen molar-refractivity contribution in [3.63, 3.8) is 0 Å². The lowest BCUT2D eigenvalue weighted by molar-refractivity contribution is 0.883. The summed E-state index contributed by atoms with van der Waals surface area (Å²) >= 11 is 0. The molecule has 248 valence electrons. The zero-order valence-corrected chi connectivity index (χ0v) is 29.0. The molecule has 0 saturated carbocycles. The van der Waals surface area contributed by atoms with E-state index in [2.05, 4.69) is 141 Å². The fraction of sp³-hybridized carbons (Fsp3) is 0.104. The van der Waals surface area contributed by atoms with Crippen LogP contribution < -0.4 is 5.32 Å². The number of benzene rings is 6. The summed E-state index contributed by atoms with van der Waals surface area (Å²) in [4.78, 5) is 4.43. The van der Waals surface area contributed by atoms with Crippen LogP contribution in [0.5, 0.6) is 0 Å². The Bertz CT molecular complexity index is 2910. The summed E-state index contributed by atoms with van der Waals surface area (Å²) in [6, 6.07) is 45.0. The third-order valence-electron chi connectivity index (χ3n) is 11.5. The van der Waals surface area contributed by atoms with E-state index in [1.54, 1.807) is 0 Å². The molecule has 2 aliphatic carbocycles. The van der Waals surface area contributed by atoms with Crippen molar-refractivity contribution < 1.29 is 0 Å². The summed E-state index contributed by atoms with van der Waals surface area (Å²) in [5.74, 6) is 0. The highest BCUT2D eigenvalue weighted by molar-refractivity contribution is 6.16. The Balaban J connectivity index is 1.24. The van der Waals surface area contributed by atoms with E-state index in [0.29, 0.717) is 0 Å². The standard InChI is InChI=1S/C48H36N4/c1-49-24-22-30-14-20-43-39(25-30)41-27-32-15-19-38-46-33(16-18-37(45(32)46)47(41)51(43)35-10-4-2-5-11-35)28-42-40-26-31(34-9-8-23-50-29-34)17-21-44(40)52(48(38)42)36-12-6-3-7-13-36/h2-14,17,20-29,49H,15-16,18-19H2,1H3/b24-22+. The lowest BCUT2D eigenvalue weighted by Crippen LogP contribution is -2.16.